The Morgan fingerprint density at radius 3 is 2.47 bits per heavy atom. The number of ketones is 1. The van der Waals surface area contributed by atoms with Crippen molar-refractivity contribution in [2.75, 3.05) is 7.11 Å². The van der Waals surface area contributed by atoms with Gasteiger partial charge in [0.1, 0.15) is 5.75 Å². The van der Waals surface area contributed by atoms with Crippen molar-refractivity contribution in [3.8, 4) is 5.75 Å². The van der Waals surface area contributed by atoms with Crippen LogP contribution in [-0.4, -0.2) is 12.9 Å². The predicted octanol–water partition coefficient (Wildman–Crippen LogP) is 3.09. The number of ether oxygens (including phenoxy) is 1. The highest BCUT2D eigenvalue weighted by molar-refractivity contribution is 5.98. The lowest BCUT2D eigenvalue weighted by Gasteiger charge is -2.08. The van der Waals surface area contributed by atoms with Gasteiger partial charge in [-0.2, -0.15) is 0 Å². The number of Topliss-reactive ketones (excluding diaryl/α,β-unsaturated/α-hetero) is 1. The number of rotatable bonds is 5. The van der Waals surface area contributed by atoms with E-state index in [0.29, 0.717) is 5.56 Å². The van der Waals surface area contributed by atoms with Crippen molar-refractivity contribution in [2.45, 2.75) is 13.3 Å². The summed E-state index contributed by atoms with van der Waals surface area (Å²) in [6.45, 7) is 5.65. The smallest absolute Gasteiger partial charge is 0.169 e. The van der Waals surface area contributed by atoms with E-state index < -0.39 is 0 Å². The summed E-state index contributed by atoms with van der Waals surface area (Å²) in [4.78, 5) is 11.9. The molecule has 0 radical (unpaired) electrons. The highest BCUT2D eigenvalue weighted by atomic mass is 16.5. The van der Waals surface area contributed by atoms with Crippen LogP contribution in [0, 0.1) is 5.92 Å². The fraction of sp³-hybridized carbons (Fsp3) is 0.308. The second-order valence-electron chi connectivity index (χ2n) is 3.34. The van der Waals surface area contributed by atoms with Crippen LogP contribution in [0.1, 0.15) is 23.7 Å². The van der Waals surface area contributed by atoms with E-state index in [1.54, 1.807) is 37.5 Å². The zero-order valence-corrected chi connectivity index (χ0v) is 9.19. The number of carbonyl (C=O) groups is 1. The van der Waals surface area contributed by atoms with E-state index in [2.05, 4.69) is 6.58 Å². The van der Waals surface area contributed by atoms with Gasteiger partial charge in [0, 0.05) is 11.5 Å². The van der Waals surface area contributed by atoms with Crippen molar-refractivity contribution >= 4 is 5.78 Å². The minimum Gasteiger partial charge on any atom is -0.497 e. The molecule has 0 bridgehead atoms. The Morgan fingerprint density at radius 1 is 1.47 bits per heavy atom. The minimum absolute atomic E-state index is 0.0848. The van der Waals surface area contributed by atoms with E-state index in [4.69, 9.17) is 4.74 Å². The Morgan fingerprint density at radius 2 is 2.07 bits per heavy atom. The van der Waals surface area contributed by atoms with Crippen LogP contribution in [0.15, 0.2) is 36.9 Å². The maximum Gasteiger partial charge on any atom is 0.169 e. The summed E-state index contributed by atoms with van der Waals surface area (Å²) < 4.78 is 5.03. The van der Waals surface area contributed by atoms with Gasteiger partial charge in [-0.3, -0.25) is 4.79 Å². The van der Waals surface area contributed by atoms with Crippen LogP contribution in [0.25, 0.3) is 0 Å². The highest BCUT2D eigenvalue weighted by Crippen LogP contribution is 2.16. The zero-order valence-electron chi connectivity index (χ0n) is 9.19. The third kappa shape index (κ3) is 2.69. The molecule has 15 heavy (non-hydrogen) atoms. The molecule has 0 fully saturated rings. The number of benzene rings is 1. The van der Waals surface area contributed by atoms with Crippen LogP contribution in [0.2, 0.25) is 0 Å². The van der Waals surface area contributed by atoms with Gasteiger partial charge in [-0.05, 0) is 30.7 Å². The maximum atomic E-state index is 11.9. The molecular formula is C13H16O2. The molecule has 1 rings (SSSR count). The van der Waals surface area contributed by atoms with Gasteiger partial charge in [-0.1, -0.05) is 13.0 Å². The number of hydrogen-bond acceptors (Lipinski definition) is 2. The lowest BCUT2D eigenvalue weighted by molar-refractivity contribution is 0.0943. The molecule has 1 unspecified atom stereocenters. The number of allylic oxidation sites excluding steroid dienone is 1. The van der Waals surface area contributed by atoms with Crippen molar-refractivity contribution in [1.29, 1.82) is 0 Å². The number of carbonyl (C=O) groups excluding carboxylic acids is 1. The molecule has 0 aliphatic carbocycles. The van der Waals surface area contributed by atoms with Gasteiger partial charge >= 0.3 is 0 Å². The molecule has 0 saturated heterocycles. The van der Waals surface area contributed by atoms with Crippen LogP contribution in [0.3, 0.4) is 0 Å². The first-order valence-electron chi connectivity index (χ1n) is 5.03. The molecule has 1 aromatic carbocycles. The molecule has 0 N–H and O–H groups in total. The van der Waals surface area contributed by atoms with Crippen LogP contribution in [-0.2, 0) is 0 Å². The summed E-state index contributed by atoms with van der Waals surface area (Å²) in [7, 11) is 1.61. The Hall–Kier alpha value is -1.57. The summed E-state index contributed by atoms with van der Waals surface area (Å²) in [6, 6.07) is 7.16. The summed E-state index contributed by atoms with van der Waals surface area (Å²) in [5.41, 5.74) is 0.711. The van der Waals surface area contributed by atoms with E-state index in [1.165, 1.54) is 0 Å². The first-order valence-corrected chi connectivity index (χ1v) is 5.03. The monoisotopic (exact) mass is 204 g/mol. The van der Waals surface area contributed by atoms with Crippen molar-refractivity contribution in [3.63, 3.8) is 0 Å². The molecule has 0 heterocycles. The van der Waals surface area contributed by atoms with Crippen molar-refractivity contribution in [3.05, 3.63) is 42.5 Å². The second-order valence-corrected chi connectivity index (χ2v) is 3.34. The predicted molar refractivity (Wildman–Crippen MR) is 61.3 cm³/mol. The molecule has 0 spiro atoms. The zero-order chi connectivity index (χ0) is 11.3. The molecule has 0 amide bonds. The molecular weight excluding hydrogens is 188 g/mol. The van der Waals surface area contributed by atoms with E-state index in [-0.39, 0.29) is 11.7 Å². The molecule has 1 atom stereocenters. The van der Waals surface area contributed by atoms with Crippen LogP contribution < -0.4 is 4.74 Å². The average Bonchev–Trinajstić information content (AvgIpc) is 2.30. The van der Waals surface area contributed by atoms with Crippen molar-refractivity contribution in [1.82, 2.24) is 0 Å². The van der Waals surface area contributed by atoms with Crippen LogP contribution >= 0.6 is 0 Å². The number of hydrogen-bond donors (Lipinski definition) is 0. The number of methoxy groups -OCH3 is 1. The minimum atomic E-state index is -0.0848. The molecule has 0 aliphatic heterocycles. The van der Waals surface area contributed by atoms with Crippen molar-refractivity contribution < 1.29 is 9.53 Å². The molecule has 0 aliphatic rings. The third-order valence-corrected chi connectivity index (χ3v) is 2.44. The lowest BCUT2D eigenvalue weighted by Crippen LogP contribution is -2.11. The largest absolute Gasteiger partial charge is 0.497 e. The SMILES string of the molecule is C=CC(CC)C(=O)c1ccc(OC)cc1. The average molecular weight is 204 g/mol. The van der Waals surface area contributed by atoms with E-state index in [9.17, 15) is 4.79 Å². The van der Waals surface area contributed by atoms with E-state index >= 15 is 0 Å². The molecule has 80 valence electrons. The quantitative estimate of drug-likeness (QED) is 0.544. The van der Waals surface area contributed by atoms with Gasteiger partial charge in [-0.25, -0.2) is 0 Å². The molecule has 0 aromatic heterocycles. The summed E-state index contributed by atoms with van der Waals surface area (Å²) in [5, 5.41) is 0. The van der Waals surface area contributed by atoms with Gasteiger partial charge < -0.3 is 4.74 Å². The van der Waals surface area contributed by atoms with Crippen LogP contribution in [0.4, 0.5) is 0 Å². The standard InChI is InChI=1S/C13H16O2/c1-4-10(5-2)13(14)11-6-8-12(15-3)9-7-11/h4,6-10H,1,5H2,2-3H3. The third-order valence-electron chi connectivity index (χ3n) is 2.44. The second kappa shape index (κ2) is 5.35. The summed E-state index contributed by atoms with van der Waals surface area (Å²) >= 11 is 0. The topological polar surface area (TPSA) is 26.3 Å². The van der Waals surface area contributed by atoms with Gasteiger partial charge in [-0.15, -0.1) is 6.58 Å². The maximum absolute atomic E-state index is 11.9. The van der Waals surface area contributed by atoms with Gasteiger partial charge in [0.05, 0.1) is 7.11 Å². The molecule has 2 heteroatoms. The summed E-state index contributed by atoms with van der Waals surface area (Å²) in [5.74, 6) is 0.798. The molecule has 2 nitrogen and oxygen atoms in total. The van der Waals surface area contributed by atoms with Gasteiger partial charge in [0.2, 0.25) is 0 Å². The fourth-order valence-corrected chi connectivity index (χ4v) is 1.43. The van der Waals surface area contributed by atoms with Gasteiger partial charge in [0.15, 0.2) is 5.78 Å². The first kappa shape index (κ1) is 11.5. The normalized spacial score (nSPS) is 11.9. The Kier molecular flexibility index (Phi) is 4.10. The highest BCUT2D eigenvalue weighted by Gasteiger charge is 2.14. The van der Waals surface area contributed by atoms with Crippen LogP contribution in [0.5, 0.6) is 5.75 Å². The van der Waals surface area contributed by atoms with Crippen molar-refractivity contribution in [2.24, 2.45) is 5.92 Å². The first-order chi connectivity index (χ1) is 7.22. The summed E-state index contributed by atoms with van der Waals surface area (Å²) in [6.07, 6.45) is 2.49. The Bertz CT molecular complexity index is 338. The fourth-order valence-electron chi connectivity index (χ4n) is 1.43. The van der Waals surface area contributed by atoms with E-state index in [0.717, 1.165) is 12.2 Å². The Labute approximate surface area is 90.6 Å². The molecule has 1 aromatic rings. The van der Waals surface area contributed by atoms with E-state index in [1.807, 2.05) is 6.92 Å². The Balaban J connectivity index is 2.86. The lowest BCUT2D eigenvalue weighted by atomic mass is 9.95. The molecule has 0 saturated carbocycles. The van der Waals surface area contributed by atoms with Gasteiger partial charge in [0.25, 0.3) is 0 Å².